The zero-order valence-corrected chi connectivity index (χ0v) is 8.32. The average molecular weight is 300 g/mol. The summed E-state index contributed by atoms with van der Waals surface area (Å²) in [7, 11) is 0. The fourth-order valence-electron chi connectivity index (χ4n) is 0. The van der Waals surface area contributed by atoms with E-state index in [2.05, 4.69) is 14.0 Å². The standard InChI is InChI=1S/CF3Se.BrGe/c2-1(3,4)5;1-2. The van der Waals surface area contributed by atoms with Gasteiger partial charge in [-0.25, -0.2) is 0 Å². The third kappa shape index (κ3) is 117. The van der Waals surface area contributed by atoms with Crippen LogP contribution in [0.1, 0.15) is 0 Å². The zero-order chi connectivity index (χ0) is 6.50. The molecule has 0 heterocycles. The van der Waals surface area contributed by atoms with Crippen molar-refractivity contribution in [1.82, 2.24) is 0 Å². The summed E-state index contributed by atoms with van der Waals surface area (Å²) >= 11 is 5.73. The molecule has 0 aliphatic carbocycles. The Morgan fingerprint density at radius 2 is 1.29 bits per heavy atom. The molecule has 7 heavy (non-hydrogen) atoms. The molecule has 0 bridgehead atoms. The van der Waals surface area contributed by atoms with Crippen LogP contribution < -0.4 is 0 Å². The van der Waals surface area contributed by atoms with Crippen molar-refractivity contribution in [3.8, 4) is 0 Å². The Labute approximate surface area is 62.9 Å². The predicted octanol–water partition coefficient (Wildman–Crippen LogP) is 1.14. The van der Waals surface area contributed by atoms with Crippen LogP contribution in [0.5, 0.6) is 0 Å². The maximum absolute atomic E-state index is 10.3. The topological polar surface area (TPSA) is 0 Å². The molecule has 6 heteroatoms. The first-order chi connectivity index (χ1) is 3.00. The molecule has 0 aliphatic rings. The molecule has 0 amide bonds. The Bertz CT molecular complexity index is 30.4. The second-order valence-corrected chi connectivity index (χ2v) is 1.42. The first kappa shape index (κ1) is 11.2. The van der Waals surface area contributed by atoms with Gasteiger partial charge in [0.25, 0.3) is 0 Å². The van der Waals surface area contributed by atoms with E-state index in [1.165, 1.54) is 0 Å². The molecule has 0 nitrogen and oxygen atoms in total. The Morgan fingerprint density at radius 3 is 1.29 bits per heavy atom. The van der Waals surface area contributed by atoms with Gasteiger partial charge in [0.15, 0.2) is 0 Å². The van der Waals surface area contributed by atoms with Crippen LogP contribution in [0, 0.1) is 0 Å². The van der Waals surface area contributed by atoms with Gasteiger partial charge in [-0.2, -0.15) is 0 Å². The number of alkyl halides is 3. The van der Waals surface area contributed by atoms with Gasteiger partial charge in [0.2, 0.25) is 0 Å². The van der Waals surface area contributed by atoms with Crippen molar-refractivity contribution in [3.05, 3.63) is 0 Å². The fraction of sp³-hybridized carbons (Fsp3) is 1.00. The second kappa shape index (κ2) is 5.47. The molecule has 0 aromatic heterocycles. The molecule has 0 saturated heterocycles. The van der Waals surface area contributed by atoms with E-state index >= 15 is 0 Å². The van der Waals surface area contributed by atoms with Gasteiger partial charge in [0.05, 0.1) is 0 Å². The van der Waals surface area contributed by atoms with Crippen LogP contribution in [0.2, 0.25) is 0 Å². The Balaban J connectivity index is 0. The van der Waals surface area contributed by atoms with Gasteiger partial charge in [0, 0.05) is 0 Å². The summed E-state index contributed by atoms with van der Waals surface area (Å²) in [4.78, 5) is 0. The third-order valence-corrected chi connectivity index (χ3v) is 0. The monoisotopic (exact) mass is 302 g/mol. The molecule has 0 N–H and O–H groups in total. The van der Waals surface area contributed by atoms with Crippen molar-refractivity contribution < 1.29 is 13.2 Å². The molecular formula is CBrF3GeSe. The molecule has 4 radical (unpaired) electrons. The average Bonchev–Trinajstić information content (AvgIpc) is 1.36. The van der Waals surface area contributed by atoms with Gasteiger partial charge in [-0.1, -0.05) is 0 Å². The molecule has 0 atom stereocenters. The summed E-state index contributed by atoms with van der Waals surface area (Å²) in [6.45, 7) is 0. The molecule has 0 fully saturated rings. The van der Waals surface area contributed by atoms with Gasteiger partial charge in [0.1, 0.15) is 0 Å². The Hall–Kier alpha value is 1.33. The van der Waals surface area contributed by atoms with Gasteiger partial charge >= 0.3 is 62.9 Å². The van der Waals surface area contributed by atoms with E-state index in [0.29, 0.717) is 0 Å². The summed E-state index contributed by atoms with van der Waals surface area (Å²) in [5.74, 6) is 0. The summed E-state index contributed by atoms with van der Waals surface area (Å²) in [5.41, 5.74) is 0. The summed E-state index contributed by atoms with van der Waals surface area (Å²) in [6, 6.07) is 0. The molecular weight excluding hydrogens is 300 g/mol. The van der Waals surface area contributed by atoms with E-state index in [-0.39, 0.29) is 0 Å². The molecule has 0 spiro atoms. The molecule has 0 aliphatic heterocycles. The van der Waals surface area contributed by atoms with E-state index in [4.69, 9.17) is 0 Å². The normalized spacial score (nSPS) is 9.43. The van der Waals surface area contributed by atoms with Crippen LogP contribution in [-0.2, 0) is 0 Å². The van der Waals surface area contributed by atoms with Crippen molar-refractivity contribution >= 4 is 44.7 Å². The van der Waals surface area contributed by atoms with E-state index in [0.717, 1.165) is 16.0 Å². The van der Waals surface area contributed by atoms with Crippen LogP contribution in [0.15, 0.2) is 0 Å². The number of halogens is 4. The predicted molar refractivity (Wildman–Crippen MR) is 26.5 cm³/mol. The molecule has 0 aromatic rings. The minimum atomic E-state index is -4.12. The third-order valence-electron chi connectivity index (χ3n) is 0. The van der Waals surface area contributed by atoms with E-state index in [1.807, 2.05) is 14.7 Å². The minimum absolute atomic E-state index is 0.979. The van der Waals surface area contributed by atoms with Crippen molar-refractivity contribution in [2.24, 2.45) is 0 Å². The first-order valence-electron chi connectivity index (χ1n) is 0.960. The van der Waals surface area contributed by atoms with E-state index in [1.54, 1.807) is 0 Å². The maximum atomic E-state index is 10.3. The van der Waals surface area contributed by atoms with Crippen molar-refractivity contribution in [3.63, 3.8) is 0 Å². The summed E-state index contributed by atoms with van der Waals surface area (Å²) < 4.78 is 30.9. The molecule has 0 aromatic carbocycles. The van der Waals surface area contributed by atoms with Crippen LogP contribution in [0.25, 0.3) is 0 Å². The van der Waals surface area contributed by atoms with Crippen LogP contribution in [0.3, 0.4) is 0 Å². The van der Waals surface area contributed by atoms with Crippen molar-refractivity contribution in [1.29, 1.82) is 0 Å². The molecule has 0 unspecified atom stereocenters. The molecule has 0 saturated carbocycles. The van der Waals surface area contributed by atoms with Crippen LogP contribution >= 0.6 is 14.0 Å². The zero-order valence-electron chi connectivity index (χ0n) is 2.92. The van der Waals surface area contributed by atoms with Crippen LogP contribution in [-0.4, -0.2) is 35.8 Å². The summed E-state index contributed by atoms with van der Waals surface area (Å²) in [5, 5.41) is -4.12. The Kier molecular flexibility index (Phi) is 8.73. The number of rotatable bonds is 0. The number of hydrogen-bond donors (Lipinski definition) is 0. The Morgan fingerprint density at radius 1 is 1.29 bits per heavy atom. The second-order valence-electron chi connectivity index (χ2n) is 0.446. The van der Waals surface area contributed by atoms with Gasteiger partial charge in [-0.05, 0) is 0 Å². The van der Waals surface area contributed by atoms with Crippen LogP contribution in [0.4, 0.5) is 13.2 Å². The SMILES string of the molecule is FC(F)(F)[Se].[Ge][Br]. The van der Waals surface area contributed by atoms with E-state index < -0.39 is 5.07 Å². The quantitative estimate of drug-likeness (QED) is 0.589. The number of hydrogen-bond acceptors (Lipinski definition) is 0. The molecule has 42 valence electrons. The molecule has 0 rings (SSSR count). The summed E-state index contributed by atoms with van der Waals surface area (Å²) in [6.07, 6.45) is 0. The van der Waals surface area contributed by atoms with Gasteiger partial charge in [-0.3, -0.25) is 0 Å². The fourth-order valence-corrected chi connectivity index (χ4v) is 0. The van der Waals surface area contributed by atoms with E-state index in [9.17, 15) is 13.2 Å². The van der Waals surface area contributed by atoms with Crippen molar-refractivity contribution in [2.75, 3.05) is 0 Å². The van der Waals surface area contributed by atoms with Crippen molar-refractivity contribution in [2.45, 2.75) is 5.07 Å². The van der Waals surface area contributed by atoms with Gasteiger partial charge < -0.3 is 0 Å². The first-order valence-corrected chi connectivity index (χ1v) is 6.73. The van der Waals surface area contributed by atoms with Gasteiger partial charge in [-0.15, -0.1) is 0 Å².